The Balaban J connectivity index is 2.24. The summed E-state index contributed by atoms with van der Waals surface area (Å²) in [6.07, 6.45) is -3.13. The van der Waals surface area contributed by atoms with Crippen molar-refractivity contribution in [3.63, 3.8) is 0 Å². The average Bonchev–Trinajstić information content (AvgIpc) is 3.14. The van der Waals surface area contributed by atoms with Crippen LogP contribution in [-0.2, 0) is 27.9 Å². The largest absolute Gasteiger partial charge is 0.414 e. The molecule has 1 saturated heterocycles. The molecule has 1 aromatic heterocycles. The van der Waals surface area contributed by atoms with E-state index >= 15 is 0 Å². The minimum Gasteiger partial charge on any atom is -0.414 e. The maximum atomic E-state index is 14.4. The third-order valence-corrected chi connectivity index (χ3v) is 18.3. The van der Waals surface area contributed by atoms with Crippen LogP contribution in [0.4, 0.5) is 4.39 Å². The topological polar surface area (TPSA) is 152 Å². The fraction of sp³-hybridized carbons (Fsp3) is 0.739. The molecule has 1 fully saturated rings. The molecule has 0 aliphatic carbocycles. The molecule has 4 atom stereocenters. The lowest BCUT2D eigenvalue weighted by Gasteiger charge is -2.43. The highest BCUT2D eigenvalue weighted by molar-refractivity contribution is 7.90. The molecule has 1 unspecified atom stereocenters. The second-order valence-electron chi connectivity index (χ2n) is 13.0. The van der Waals surface area contributed by atoms with Crippen molar-refractivity contribution in [2.75, 3.05) is 6.61 Å². The Morgan fingerprint density at radius 2 is 1.66 bits per heavy atom. The van der Waals surface area contributed by atoms with E-state index in [-0.39, 0.29) is 22.4 Å². The summed E-state index contributed by atoms with van der Waals surface area (Å²) < 4.78 is 65.7. The van der Waals surface area contributed by atoms with Crippen LogP contribution in [0.25, 0.3) is 0 Å². The first-order chi connectivity index (χ1) is 17.0. The normalized spacial score (nSPS) is 28.2. The minimum atomic E-state index is -4.25. The first-order valence-corrected chi connectivity index (χ1v) is 19.7. The zero-order valence-electron chi connectivity index (χ0n) is 23.7. The van der Waals surface area contributed by atoms with Gasteiger partial charge in [0.15, 0.2) is 28.5 Å². The molecule has 3 rings (SSSR count). The van der Waals surface area contributed by atoms with Gasteiger partial charge in [-0.05, 0) is 36.3 Å². The smallest absolute Gasteiger partial charge is 0.330 e. The Labute approximate surface area is 224 Å². The number of ether oxygens (including phenoxy) is 1. The third-order valence-electron chi connectivity index (χ3n) is 8.27. The molecule has 0 bridgehead atoms. The maximum Gasteiger partial charge on any atom is 0.330 e. The Kier molecular flexibility index (Phi) is 7.72. The lowest BCUT2D eigenvalue weighted by molar-refractivity contribution is -0.0565. The summed E-state index contributed by atoms with van der Waals surface area (Å²) in [6, 6.07) is 0. The zero-order valence-corrected chi connectivity index (χ0v) is 26.5. The van der Waals surface area contributed by atoms with Crippen LogP contribution in [-0.4, -0.2) is 59.0 Å². The maximum absolute atomic E-state index is 14.4. The van der Waals surface area contributed by atoms with Crippen molar-refractivity contribution in [1.82, 2.24) is 9.55 Å². The fourth-order valence-corrected chi connectivity index (χ4v) is 7.37. The lowest BCUT2D eigenvalue weighted by atomic mass is 9.89. The van der Waals surface area contributed by atoms with E-state index in [1.54, 1.807) is 0 Å². The highest BCUT2D eigenvalue weighted by Crippen LogP contribution is 2.52. The van der Waals surface area contributed by atoms with E-state index in [9.17, 15) is 22.4 Å². The molecular weight excluding hydrogens is 554 g/mol. The van der Waals surface area contributed by atoms with E-state index in [0.717, 1.165) is 9.98 Å². The molecule has 11 nitrogen and oxygen atoms in total. The van der Waals surface area contributed by atoms with Crippen molar-refractivity contribution in [1.29, 1.82) is 0 Å². The van der Waals surface area contributed by atoms with Crippen molar-refractivity contribution in [3.05, 3.63) is 44.0 Å². The van der Waals surface area contributed by atoms with Gasteiger partial charge in [0, 0.05) is 0 Å². The quantitative estimate of drug-likeness (QED) is 0.375. The van der Waals surface area contributed by atoms with E-state index in [0.29, 0.717) is 6.20 Å². The first-order valence-electron chi connectivity index (χ1n) is 12.4. The van der Waals surface area contributed by atoms with Gasteiger partial charge in [-0.1, -0.05) is 41.5 Å². The van der Waals surface area contributed by atoms with E-state index in [1.165, 1.54) is 0 Å². The molecule has 2 aliphatic heterocycles. The number of halogens is 1. The number of aromatic nitrogens is 2. The highest BCUT2D eigenvalue weighted by atomic mass is 32.2. The average molecular weight is 594 g/mol. The number of hydrogen-bond acceptors (Lipinski definition) is 9. The fourth-order valence-electron chi connectivity index (χ4n) is 3.86. The van der Waals surface area contributed by atoms with E-state index in [1.807, 2.05) is 72.7 Å². The molecule has 1 aromatic rings. The molecule has 3 heterocycles. The summed E-state index contributed by atoms with van der Waals surface area (Å²) in [5.74, 6) is -1.22. The van der Waals surface area contributed by atoms with Crippen LogP contribution in [0.1, 0.15) is 47.8 Å². The summed E-state index contributed by atoms with van der Waals surface area (Å²) >= 11 is 0. The number of nitrogens with one attached hydrogen (secondary N) is 1. The van der Waals surface area contributed by atoms with Gasteiger partial charge in [0.05, 0.1) is 23.9 Å². The molecule has 0 aromatic carbocycles. The van der Waals surface area contributed by atoms with Crippen LogP contribution in [0.3, 0.4) is 0 Å². The van der Waals surface area contributed by atoms with Gasteiger partial charge in [-0.25, -0.2) is 8.98 Å². The molecule has 15 heteroatoms. The standard InChI is InChI=1S/C23H40FN3O8SSi2/c1-21(2,3)37(7,8)32-12-16-23(15(25)13-36(30,31)35-23)17(34-38(9,10)22(4,5)6)19(33-16)27-11-14(24)18(28)26-20(27)29/h11,13,16-17,19H,12,25H2,1-10H3,(H,26,28,29)/t16-,17+,19-,23?/m1/s1. The predicted octanol–water partition coefficient (Wildman–Crippen LogP) is 2.88. The molecule has 1 spiro atoms. The van der Waals surface area contributed by atoms with Crippen molar-refractivity contribution in [2.45, 2.75) is 102 Å². The summed E-state index contributed by atoms with van der Waals surface area (Å²) in [7, 11) is -9.36. The predicted molar refractivity (Wildman–Crippen MR) is 145 cm³/mol. The molecule has 38 heavy (non-hydrogen) atoms. The lowest BCUT2D eigenvalue weighted by Crippen LogP contribution is -2.59. The second-order valence-corrected chi connectivity index (χ2v) is 23.9. The van der Waals surface area contributed by atoms with Gasteiger partial charge in [-0.3, -0.25) is 14.3 Å². The van der Waals surface area contributed by atoms with Gasteiger partial charge < -0.3 is 19.3 Å². The summed E-state index contributed by atoms with van der Waals surface area (Å²) in [6.45, 7) is 19.8. The van der Waals surface area contributed by atoms with Gasteiger partial charge in [-0.2, -0.15) is 12.8 Å². The Bertz CT molecular complexity index is 1340. The Morgan fingerprint density at radius 3 is 2.13 bits per heavy atom. The number of rotatable bonds is 6. The number of nitrogens with zero attached hydrogens (tertiary/aromatic N) is 1. The molecule has 0 radical (unpaired) electrons. The number of hydrogen-bond donors (Lipinski definition) is 2. The highest BCUT2D eigenvalue weighted by Gasteiger charge is 2.67. The molecular formula is C23H40FN3O8SSi2. The summed E-state index contributed by atoms with van der Waals surface area (Å²) in [4.78, 5) is 26.5. The Morgan fingerprint density at radius 1 is 1.11 bits per heavy atom. The van der Waals surface area contributed by atoms with Crippen LogP contribution in [0.2, 0.25) is 36.3 Å². The molecule has 0 amide bonds. The Hall–Kier alpha value is -1.63. The van der Waals surface area contributed by atoms with E-state index in [2.05, 4.69) is 0 Å². The van der Waals surface area contributed by atoms with Gasteiger partial charge in [0.2, 0.25) is 5.82 Å². The summed E-state index contributed by atoms with van der Waals surface area (Å²) in [5, 5.41) is 0.264. The van der Waals surface area contributed by atoms with E-state index in [4.69, 9.17) is 23.5 Å². The van der Waals surface area contributed by atoms with Gasteiger partial charge in [0.1, 0.15) is 12.2 Å². The SMILES string of the molecule is CC(C)(C)[Si](C)(C)OC[C@H]1O[C@@H](n2cc(F)c(=O)[nH]c2=O)[C@H](O[Si](C)(C)C(C)(C)C)C12OS(=O)(=O)C=C2N. The van der Waals surface area contributed by atoms with Crippen LogP contribution in [0.15, 0.2) is 26.9 Å². The van der Waals surface area contributed by atoms with Gasteiger partial charge in [0.25, 0.3) is 15.7 Å². The summed E-state index contributed by atoms with van der Waals surface area (Å²) in [5.41, 5.74) is 2.14. The molecule has 0 saturated carbocycles. The van der Waals surface area contributed by atoms with Crippen molar-refractivity contribution in [2.24, 2.45) is 5.73 Å². The molecule has 3 N–H and O–H groups in total. The zero-order chi connectivity index (χ0) is 29.3. The second kappa shape index (κ2) is 9.49. The monoisotopic (exact) mass is 593 g/mol. The van der Waals surface area contributed by atoms with Crippen LogP contribution in [0, 0.1) is 5.82 Å². The van der Waals surface area contributed by atoms with Gasteiger partial charge in [-0.15, -0.1) is 0 Å². The van der Waals surface area contributed by atoms with Crippen molar-refractivity contribution in [3.8, 4) is 0 Å². The van der Waals surface area contributed by atoms with Crippen LogP contribution < -0.4 is 17.0 Å². The third kappa shape index (κ3) is 5.38. The van der Waals surface area contributed by atoms with Crippen LogP contribution in [0.5, 0.6) is 0 Å². The van der Waals surface area contributed by atoms with Crippen LogP contribution >= 0.6 is 0 Å². The van der Waals surface area contributed by atoms with Gasteiger partial charge >= 0.3 is 5.69 Å². The van der Waals surface area contributed by atoms with E-state index < -0.39 is 67.9 Å². The van der Waals surface area contributed by atoms with Crippen molar-refractivity contribution < 1.29 is 30.6 Å². The molecule has 2 aliphatic rings. The first kappa shape index (κ1) is 30.9. The minimum absolute atomic E-state index is 0.130. The molecule has 216 valence electrons. The number of H-pyrrole nitrogens is 1. The number of nitrogens with two attached hydrogens (primary N) is 1. The number of aromatic amines is 1. The van der Waals surface area contributed by atoms with Crippen molar-refractivity contribution >= 4 is 26.8 Å².